The van der Waals surface area contributed by atoms with Crippen LogP contribution >= 0.6 is 0 Å². The van der Waals surface area contributed by atoms with Gasteiger partial charge in [0.1, 0.15) is 0 Å². The third kappa shape index (κ3) is 6.91. The number of hydrogen-bond acceptors (Lipinski definition) is 4. The van der Waals surface area contributed by atoms with Gasteiger partial charge in [-0.1, -0.05) is 54.6 Å². The molecular formula is C30H35N5O3. The Morgan fingerprint density at radius 2 is 1.58 bits per heavy atom. The molecule has 0 radical (unpaired) electrons. The lowest BCUT2D eigenvalue weighted by molar-refractivity contribution is -0.127. The molecule has 4 N–H and O–H groups in total. The van der Waals surface area contributed by atoms with Gasteiger partial charge in [-0.05, 0) is 54.7 Å². The summed E-state index contributed by atoms with van der Waals surface area (Å²) in [7, 11) is 0. The first kappa shape index (κ1) is 26.7. The van der Waals surface area contributed by atoms with Gasteiger partial charge >= 0.3 is 6.03 Å². The number of para-hydroxylation sites is 2. The van der Waals surface area contributed by atoms with Crippen molar-refractivity contribution in [1.82, 2.24) is 9.80 Å². The number of nitrogens with zero attached hydrogens (tertiary/aromatic N) is 3. The first-order chi connectivity index (χ1) is 18.4. The highest BCUT2D eigenvalue weighted by molar-refractivity contribution is 5.95. The predicted octanol–water partition coefficient (Wildman–Crippen LogP) is 4.05. The van der Waals surface area contributed by atoms with Crippen molar-refractivity contribution in [1.29, 1.82) is 0 Å². The Balaban J connectivity index is 1.57. The van der Waals surface area contributed by atoms with Gasteiger partial charge in [0.2, 0.25) is 11.8 Å². The molecule has 0 aliphatic carbocycles. The molecule has 3 aromatic rings. The molecule has 3 aromatic carbocycles. The normalized spacial score (nSPS) is 12.9. The third-order valence-corrected chi connectivity index (χ3v) is 6.84. The molecule has 1 fully saturated rings. The number of benzene rings is 3. The molecule has 198 valence electrons. The second-order valence-electron chi connectivity index (χ2n) is 9.55. The van der Waals surface area contributed by atoms with E-state index in [0.29, 0.717) is 62.4 Å². The summed E-state index contributed by atoms with van der Waals surface area (Å²) in [5.74, 6) is -0.321. The molecule has 38 heavy (non-hydrogen) atoms. The van der Waals surface area contributed by atoms with E-state index in [1.807, 2.05) is 65.6 Å². The number of carbonyl (C=O) groups is 3. The number of amides is 4. The van der Waals surface area contributed by atoms with Crippen LogP contribution in [-0.4, -0.2) is 53.8 Å². The van der Waals surface area contributed by atoms with Crippen LogP contribution < -0.4 is 16.4 Å². The summed E-state index contributed by atoms with van der Waals surface area (Å²) < 4.78 is 0. The van der Waals surface area contributed by atoms with E-state index in [1.165, 1.54) is 0 Å². The van der Waals surface area contributed by atoms with E-state index in [4.69, 9.17) is 11.5 Å². The van der Waals surface area contributed by atoms with Gasteiger partial charge in [-0.25, -0.2) is 4.79 Å². The second kappa shape index (κ2) is 12.8. The zero-order valence-corrected chi connectivity index (χ0v) is 21.6. The largest absolute Gasteiger partial charge is 0.397 e. The molecule has 4 rings (SSSR count). The molecule has 4 amide bonds. The molecule has 0 spiro atoms. The van der Waals surface area contributed by atoms with Gasteiger partial charge in [-0.2, -0.15) is 0 Å². The number of nitrogens with two attached hydrogens (primary N) is 2. The molecule has 0 aromatic heterocycles. The standard InChI is InChI=1S/C30H35N5O3/c31-26-10-4-5-11-27(26)35(21-17-23-8-2-1-3-9-23)30(38)34(20-7-19-33-18-6-12-28(33)36)22-24-13-15-25(16-14-24)29(32)37/h1-5,8-11,13-16H,6-7,12,17-22,31H2,(H2,32,37). The number of hydrogen-bond donors (Lipinski definition) is 2. The fraction of sp³-hybridized carbons (Fsp3) is 0.300. The van der Waals surface area contributed by atoms with Crippen LogP contribution in [0.15, 0.2) is 78.9 Å². The highest BCUT2D eigenvalue weighted by Crippen LogP contribution is 2.25. The topological polar surface area (TPSA) is 113 Å². The third-order valence-electron chi connectivity index (χ3n) is 6.84. The van der Waals surface area contributed by atoms with E-state index in [-0.39, 0.29) is 11.9 Å². The lowest BCUT2D eigenvalue weighted by Gasteiger charge is -2.32. The van der Waals surface area contributed by atoms with Crippen molar-refractivity contribution in [3.63, 3.8) is 0 Å². The first-order valence-corrected chi connectivity index (χ1v) is 13.0. The number of anilines is 2. The van der Waals surface area contributed by atoms with Crippen molar-refractivity contribution < 1.29 is 14.4 Å². The SMILES string of the molecule is NC(=O)c1ccc(CN(CCCN2CCCC2=O)C(=O)N(CCc2ccccc2)c2ccccc2N)cc1. The van der Waals surface area contributed by atoms with Crippen LogP contribution in [0.3, 0.4) is 0 Å². The molecule has 0 atom stereocenters. The van der Waals surface area contributed by atoms with Crippen LogP contribution in [0.1, 0.15) is 40.7 Å². The summed E-state index contributed by atoms with van der Waals surface area (Å²) in [6, 6.07) is 24.2. The number of carbonyl (C=O) groups excluding carboxylic acids is 3. The molecular weight excluding hydrogens is 478 g/mol. The van der Waals surface area contributed by atoms with Crippen molar-refractivity contribution in [2.24, 2.45) is 5.73 Å². The van der Waals surface area contributed by atoms with Crippen LogP contribution in [0.25, 0.3) is 0 Å². The van der Waals surface area contributed by atoms with Gasteiger partial charge in [0.25, 0.3) is 0 Å². The van der Waals surface area contributed by atoms with Crippen molar-refractivity contribution in [3.05, 3.63) is 95.6 Å². The summed E-state index contributed by atoms with van der Waals surface area (Å²) >= 11 is 0. The van der Waals surface area contributed by atoms with E-state index in [1.54, 1.807) is 28.0 Å². The summed E-state index contributed by atoms with van der Waals surface area (Å²) in [5, 5.41) is 0. The van der Waals surface area contributed by atoms with Crippen LogP contribution in [0, 0.1) is 0 Å². The van der Waals surface area contributed by atoms with Crippen molar-refractivity contribution in [2.75, 3.05) is 36.8 Å². The molecule has 1 aliphatic rings. The van der Waals surface area contributed by atoms with Gasteiger partial charge in [0.05, 0.1) is 11.4 Å². The molecule has 8 heteroatoms. The summed E-state index contributed by atoms with van der Waals surface area (Å²) in [4.78, 5) is 43.1. The van der Waals surface area contributed by atoms with Crippen molar-refractivity contribution in [2.45, 2.75) is 32.2 Å². The zero-order chi connectivity index (χ0) is 26.9. The fourth-order valence-corrected chi connectivity index (χ4v) is 4.74. The molecule has 0 saturated carbocycles. The molecule has 8 nitrogen and oxygen atoms in total. The molecule has 1 saturated heterocycles. The Labute approximate surface area is 223 Å². The number of nitrogen functional groups attached to an aromatic ring is 1. The Morgan fingerprint density at radius 3 is 2.24 bits per heavy atom. The Morgan fingerprint density at radius 1 is 0.868 bits per heavy atom. The van der Waals surface area contributed by atoms with Gasteiger partial charge in [0, 0.05) is 44.7 Å². The second-order valence-corrected chi connectivity index (χ2v) is 9.55. The van der Waals surface area contributed by atoms with Gasteiger partial charge in [-0.15, -0.1) is 0 Å². The van der Waals surface area contributed by atoms with E-state index in [9.17, 15) is 14.4 Å². The minimum Gasteiger partial charge on any atom is -0.397 e. The van der Waals surface area contributed by atoms with Gasteiger partial charge in [0.15, 0.2) is 0 Å². The number of primary amides is 1. The molecule has 1 heterocycles. The van der Waals surface area contributed by atoms with E-state index in [2.05, 4.69) is 0 Å². The lowest BCUT2D eigenvalue weighted by atomic mass is 10.1. The smallest absolute Gasteiger partial charge is 0.324 e. The molecule has 1 aliphatic heterocycles. The Bertz CT molecular complexity index is 1250. The maximum absolute atomic E-state index is 14.1. The zero-order valence-electron chi connectivity index (χ0n) is 21.6. The summed E-state index contributed by atoms with van der Waals surface area (Å²) in [6.07, 6.45) is 2.81. The van der Waals surface area contributed by atoms with Crippen molar-refractivity contribution >= 4 is 29.2 Å². The van der Waals surface area contributed by atoms with Crippen LogP contribution in [-0.2, 0) is 17.8 Å². The number of rotatable bonds is 11. The minimum atomic E-state index is -0.494. The first-order valence-electron chi connectivity index (χ1n) is 13.0. The van der Waals surface area contributed by atoms with Crippen LogP contribution in [0.2, 0.25) is 0 Å². The quantitative estimate of drug-likeness (QED) is 0.377. The van der Waals surface area contributed by atoms with Crippen molar-refractivity contribution in [3.8, 4) is 0 Å². The monoisotopic (exact) mass is 513 g/mol. The van der Waals surface area contributed by atoms with E-state index in [0.717, 1.165) is 24.1 Å². The lowest BCUT2D eigenvalue weighted by Crippen LogP contribution is -2.45. The van der Waals surface area contributed by atoms with E-state index < -0.39 is 5.91 Å². The highest BCUT2D eigenvalue weighted by atomic mass is 16.2. The van der Waals surface area contributed by atoms with Crippen LogP contribution in [0.5, 0.6) is 0 Å². The summed E-state index contributed by atoms with van der Waals surface area (Å²) in [6.45, 7) is 2.65. The molecule has 0 bridgehead atoms. The predicted molar refractivity (Wildman–Crippen MR) is 150 cm³/mol. The fourth-order valence-electron chi connectivity index (χ4n) is 4.74. The average Bonchev–Trinajstić information content (AvgIpc) is 3.34. The summed E-state index contributed by atoms with van der Waals surface area (Å²) in [5.41, 5.74) is 15.3. The maximum atomic E-state index is 14.1. The van der Waals surface area contributed by atoms with Crippen LogP contribution in [0.4, 0.5) is 16.2 Å². The molecule has 0 unspecified atom stereocenters. The Hall–Kier alpha value is -4.33. The Kier molecular flexibility index (Phi) is 8.98. The highest BCUT2D eigenvalue weighted by Gasteiger charge is 2.25. The number of urea groups is 1. The van der Waals surface area contributed by atoms with E-state index >= 15 is 0 Å². The number of likely N-dealkylation sites (tertiary alicyclic amines) is 1. The van der Waals surface area contributed by atoms with Gasteiger partial charge in [-0.3, -0.25) is 14.5 Å². The minimum absolute atomic E-state index is 0.162. The van der Waals surface area contributed by atoms with Gasteiger partial charge < -0.3 is 21.3 Å². The average molecular weight is 514 g/mol. The maximum Gasteiger partial charge on any atom is 0.324 e.